The zero-order valence-electron chi connectivity index (χ0n) is 14.3. The third-order valence-corrected chi connectivity index (χ3v) is 4.50. The van der Waals surface area contributed by atoms with Crippen LogP contribution in [0.4, 0.5) is 5.69 Å². The van der Waals surface area contributed by atoms with E-state index in [-0.39, 0.29) is 12.2 Å². The zero-order chi connectivity index (χ0) is 20.1. The second-order valence-electron chi connectivity index (χ2n) is 5.67. The summed E-state index contributed by atoms with van der Waals surface area (Å²) in [6, 6.07) is 14.3. The molecule has 28 heavy (non-hydrogen) atoms. The van der Waals surface area contributed by atoms with Crippen LogP contribution in [0, 0.1) is 10.1 Å². The monoisotopic (exact) mass is 461 g/mol. The van der Waals surface area contributed by atoms with E-state index in [1.807, 2.05) is 24.3 Å². The molecule has 0 radical (unpaired) electrons. The molecule has 0 aliphatic heterocycles. The number of nitrogens with one attached hydrogen (secondary N) is 1. The molecule has 8 nitrogen and oxygen atoms in total. The van der Waals surface area contributed by atoms with Gasteiger partial charge >= 0.3 is 5.69 Å². The minimum absolute atomic E-state index is 0.274. The molecule has 3 rings (SSSR count). The number of carbonyl (C=O) groups excluding carboxylic acids is 1. The lowest BCUT2D eigenvalue weighted by atomic mass is 10.2. The number of benzene rings is 2. The summed E-state index contributed by atoms with van der Waals surface area (Å²) < 4.78 is 2.21. The molecule has 1 N–H and O–H groups in total. The van der Waals surface area contributed by atoms with E-state index in [0.29, 0.717) is 10.6 Å². The summed E-state index contributed by atoms with van der Waals surface area (Å²) in [4.78, 5) is 23.0. The fourth-order valence-electron chi connectivity index (χ4n) is 2.40. The maximum Gasteiger partial charge on any atom is 0.320 e. The van der Waals surface area contributed by atoms with Gasteiger partial charge in [0.25, 0.3) is 5.91 Å². The summed E-state index contributed by atoms with van der Waals surface area (Å²) in [5.41, 5.74) is 2.98. The minimum Gasteiger partial charge on any atom is -0.265 e. The quantitative estimate of drug-likeness (QED) is 0.339. The Kier molecular flexibility index (Phi) is 6.17. The SMILES string of the molecule is O=C(N/N=C/c1ccccc1Cl)c1nn(Cc2cccc(Br)c2)cc1[N+](=O)[O-]. The number of amides is 1. The number of carbonyl (C=O) groups is 1. The van der Waals surface area contributed by atoms with E-state index in [1.165, 1.54) is 17.1 Å². The number of hydrogen-bond acceptors (Lipinski definition) is 5. The summed E-state index contributed by atoms with van der Waals surface area (Å²) >= 11 is 9.37. The van der Waals surface area contributed by atoms with Crippen molar-refractivity contribution in [1.29, 1.82) is 0 Å². The predicted octanol–water partition coefficient (Wildman–Crippen LogP) is 4.02. The molecule has 0 spiro atoms. The van der Waals surface area contributed by atoms with Gasteiger partial charge in [-0.05, 0) is 23.8 Å². The van der Waals surface area contributed by atoms with Gasteiger partial charge in [-0.3, -0.25) is 19.6 Å². The highest BCUT2D eigenvalue weighted by Crippen LogP contribution is 2.19. The molecule has 0 unspecified atom stereocenters. The van der Waals surface area contributed by atoms with Crippen molar-refractivity contribution in [3.63, 3.8) is 0 Å². The largest absolute Gasteiger partial charge is 0.320 e. The molecular formula is C18H13BrClN5O3. The van der Waals surface area contributed by atoms with Crippen molar-refractivity contribution in [2.24, 2.45) is 5.10 Å². The summed E-state index contributed by atoms with van der Waals surface area (Å²) in [7, 11) is 0. The first kappa shape index (κ1) is 19.7. The Morgan fingerprint density at radius 1 is 1.32 bits per heavy atom. The molecule has 0 saturated carbocycles. The van der Waals surface area contributed by atoms with E-state index in [9.17, 15) is 14.9 Å². The summed E-state index contributed by atoms with van der Waals surface area (Å²) in [5.74, 6) is -0.789. The number of aromatic nitrogens is 2. The normalized spacial score (nSPS) is 10.9. The van der Waals surface area contributed by atoms with E-state index in [2.05, 4.69) is 31.6 Å². The van der Waals surface area contributed by atoms with Crippen molar-refractivity contribution >= 4 is 45.3 Å². The molecule has 0 fully saturated rings. The van der Waals surface area contributed by atoms with Gasteiger partial charge in [0.15, 0.2) is 0 Å². The highest BCUT2D eigenvalue weighted by Gasteiger charge is 2.25. The fourth-order valence-corrected chi connectivity index (χ4v) is 3.03. The zero-order valence-corrected chi connectivity index (χ0v) is 16.6. The van der Waals surface area contributed by atoms with Crippen LogP contribution in [0.25, 0.3) is 0 Å². The fraction of sp³-hybridized carbons (Fsp3) is 0.0556. The predicted molar refractivity (Wildman–Crippen MR) is 109 cm³/mol. The van der Waals surface area contributed by atoms with Crippen LogP contribution in [0.2, 0.25) is 5.02 Å². The number of hydrogen-bond donors (Lipinski definition) is 1. The average Bonchev–Trinajstić information content (AvgIpc) is 3.07. The standard InChI is InChI=1S/C18H13BrClN5O3/c19-14-6-3-4-12(8-14)10-24-11-16(25(27)28)17(23-24)18(26)22-21-9-13-5-1-2-7-15(13)20/h1-9,11H,10H2,(H,22,26)/b21-9+. The Hall–Kier alpha value is -3.04. The Morgan fingerprint density at radius 2 is 2.11 bits per heavy atom. The van der Waals surface area contributed by atoms with Crippen molar-refractivity contribution in [3.05, 3.63) is 91.2 Å². The first-order chi connectivity index (χ1) is 13.4. The van der Waals surface area contributed by atoms with Gasteiger partial charge in [-0.1, -0.05) is 57.9 Å². The average molecular weight is 463 g/mol. The molecule has 0 saturated heterocycles. The molecule has 1 aromatic heterocycles. The molecule has 3 aromatic rings. The van der Waals surface area contributed by atoms with Crippen molar-refractivity contribution in [2.75, 3.05) is 0 Å². The number of rotatable bonds is 6. The molecule has 10 heteroatoms. The van der Waals surface area contributed by atoms with Gasteiger partial charge in [0.1, 0.15) is 6.20 Å². The number of nitrogens with zero attached hydrogens (tertiary/aromatic N) is 4. The van der Waals surface area contributed by atoms with Crippen molar-refractivity contribution in [2.45, 2.75) is 6.54 Å². The number of halogens is 2. The second kappa shape index (κ2) is 8.77. The second-order valence-corrected chi connectivity index (χ2v) is 6.99. The lowest BCUT2D eigenvalue weighted by molar-refractivity contribution is -0.385. The molecule has 1 heterocycles. The van der Waals surface area contributed by atoms with Crippen molar-refractivity contribution in [1.82, 2.24) is 15.2 Å². The van der Waals surface area contributed by atoms with E-state index in [4.69, 9.17) is 11.6 Å². The number of nitro groups is 1. The van der Waals surface area contributed by atoms with Gasteiger partial charge in [0.05, 0.1) is 17.7 Å². The van der Waals surface area contributed by atoms with Gasteiger partial charge in [-0.15, -0.1) is 0 Å². The van der Waals surface area contributed by atoms with Crippen LogP contribution in [0.1, 0.15) is 21.6 Å². The lowest BCUT2D eigenvalue weighted by Crippen LogP contribution is -2.19. The maximum absolute atomic E-state index is 12.3. The molecule has 0 bridgehead atoms. The van der Waals surface area contributed by atoms with Gasteiger partial charge in [0.2, 0.25) is 5.69 Å². The van der Waals surface area contributed by atoms with E-state index in [1.54, 1.807) is 24.3 Å². The van der Waals surface area contributed by atoms with E-state index >= 15 is 0 Å². The van der Waals surface area contributed by atoms with Gasteiger partial charge in [-0.25, -0.2) is 5.43 Å². The Balaban J connectivity index is 1.78. The van der Waals surface area contributed by atoms with Crippen LogP contribution in [0.3, 0.4) is 0 Å². The first-order valence-corrected chi connectivity index (χ1v) is 9.15. The van der Waals surface area contributed by atoms with Crippen LogP contribution < -0.4 is 5.43 Å². The van der Waals surface area contributed by atoms with E-state index in [0.717, 1.165) is 10.0 Å². The van der Waals surface area contributed by atoms with E-state index < -0.39 is 16.5 Å². The topological polar surface area (TPSA) is 102 Å². The smallest absolute Gasteiger partial charge is 0.265 e. The van der Waals surface area contributed by atoms with Crippen LogP contribution in [0.15, 0.2) is 64.3 Å². The Labute approximate surface area is 173 Å². The summed E-state index contributed by atoms with van der Waals surface area (Å²) in [6.45, 7) is 0.274. The molecule has 0 aliphatic rings. The van der Waals surface area contributed by atoms with Crippen molar-refractivity contribution in [3.8, 4) is 0 Å². The summed E-state index contributed by atoms with van der Waals surface area (Å²) in [6.07, 6.45) is 2.57. The third kappa shape index (κ3) is 4.81. The molecule has 0 aliphatic carbocycles. The molecule has 1 amide bonds. The molecular weight excluding hydrogens is 450 g/mol. The lowest BCUT2D eigenvalue weighted by Gasteiger charge is -2.01. The van der Waals surface area contributed by atoms with Crippen LogP contribution in [-0.2, 0) is 6.54 Å². The van der Waals surface area contributed by atoms with Gasteiger partial charge in [0, 0.05) is 15.1 Å². The van der Waals surface area contributed by atoms with Gasteiger partial charge < -0.3 is 0 Å². The molecule has 2 aromatic carbocycles. The van der Waals surface area contributed by atoms with Crippen molar-refractivity contribution < 1.29 is 9.72 Å². The third-order valence-electron chi connectivity index (χ3n) is 3.66. The van der Waals surface area contributed by atoms with Crippen LogP contribution in [-0.4, -0.2) is 26.8 Å². The highest BCUT2D eigenvalue weighted by atomic mass is 79.9. The molecule has 0 atom stereocenters. The van der Waals surface area contributed by atoms with Crippen LogP contribution in [0.5, 0.6) is 0 Å². The Morgan fingerprint density at radius 3 is 2.82 bits per heavy atom. The van der Waals surface area contributed by atoms with Gasteiger partial charge in [-0.2, -0.15) is 10.2 Å². The minimum atomic E-state index is -0.789. The number of hydrazone groups is 1. The molecule has 142 valence electrons. The van der Waals surface area contributed by atoms with Crippen LogP contribution >= 0.6 is 27.5 Å². The Bertz CT molecular complexity index is 1070. The first-order valence-electron chi connectivity index (χ1n) is 7.98. The summed E-state index contributed by atoms with van der Waals surface area (Å²) in [5, 5.41) is 19.6. The highest BCUT2D eigenvalue weighted by molar-refractivity contribution is 9.10. The maximum atomic E-state index is 12.3.